The minimum atomic E-state index is -4.40. The summed E-state index contributed by atoms with van der Waals surface area (Å²) in [4.78, 5) is 27.6. The SMILES string of the molecule is COc1ccc(C(=O)P(=O)(C(=O)c2c(OC)cccc2OC)c2ccccc2)c(OC)c1. The van der Waals surface area contributed by atoms with Crippen LogP contribution < -0.4 is 24.3 Å². The van der Waals surface area contributed by atoms with Crippen molar-refractivity contribution in [3.63, 3.8) is 0 Å². The highest BCUT2D eigenvalue weighted by Crippen LogP contribution is 2.54. The van der Waals surface area contributed by atoms with E-state index in [9.17, 15) is 14.2 Å². The van der Waals surface area contributed by atoms with Crippen molar-refractivity contribution in [2.45, 2.75) is 0 Å². The lowest BCUT2D eigenvalue weighted by atomic mass is 10.2. The molecule has 0 saturated heterocycles. The van der Waals surface area contributed by atoms with E-state index in [0.717, 1.165) is 0 Å². The van der Waals surface area contributed by atoms with Gasteiger partial charge in [0.25, 0.3) is 0 Å². The average Bonchev–Trinajstić information content (AvgIpc) is 2.86. The van der Waals surface area contributed by atoms with Crippen molar-refractivity contribution in [1.29, 1.82) is 0 Å². The Balaban J connectivity index is 2.28. The molecule has 0 amide bonds. The van der Waals surface area contributed by atoms with Gasteiger partial charge in [-0.3, -0.25) is 9.59 Å². The van der Waals surface area contributed by atoms with E-state index in [-0.39, 0.29) is 33.7 Å². The maximum Gasteiger partial charge on any atom is 0.249 e. The largest absolute Gasteiger partial charge is 0.497 e. The van der Waals surface area contributed by atoms with Gasteiger partial charge in [0.2, 0.25) is 18.2 Å². The van der Waals surface area contributed by atoms with Crippen LogP contribution in [0.3, 0.4) is 0 Å². The summed E-state index contributed by atoms with van der Waals surface area (Å²) in [7, 11) is 1.22. The van der Waals surface area contributed by atoms with Crippen molar-refractivity contribution in [3.8, 4) is 23.0 Å². The van der Waals surface area contributed by atoms with Crippen molar-refractivity contribution in [3.05, 3.63) is 77.9 Å². The molecule has 0 radical (unpaired) electrons. The van der Waals surface area contributed by atoms with E-state index in [0.29, 0.717) is 5.75 Å². The predicted molar refractivity (Wildman–Crippen MR) is 121 cm³/mol. The summed E-state index contributed by atoms with van der Waals surface area (Å²) in [5, 5.41) is 0.0980. The molecule has 166 valence electrons. The topological polar surface area (TPSA) is 88.1 Å². The molecule has 1 atom stereocenters. The molecule has 0 aliphatic carbocycles. The molecule has 3 rings (SSSR count). The number of ether oxygens (including phenoxy) is 4. The van der Waals surface area contributed by atoms with Crippen LogP contribution in [0.5, 0.6) is 23.0 Å². The van der Waals surface area contributed by atoms with Gasteiger partial charge in [-0.2, -0.15) is 0 Å². The fourth-order valence-corrected chi connectivity index (χ4v) is 5.63. The molecule has 0 aromatic heterocycles. The molecule has 32 heavy (non-hydrogen) atoms. The maximum atomic E-state index is 14.5. The van der Waals surface area contributed by atoms with Gasteiger partial charge in [0, 0.05) is 11.4 Å². The lowest BCUT2D eigenvalue weighted by Gasteiger charge is -2.20. The van der Waals surface area contributed by atoms with Crippen molar-refractivity contribution < 1.29 is 33.1 Å². The second-order valence-corrected chi connectivity index (χ2v) is 9.21. The molecule has 0 N–H and O–H groups in total. The summed E-state index contributed by atoms with van der Waals surface area (Å²) in [5.74, 6) is 0.899. The van der Waals surface area contributed by atoms with Gasteiger partial charge in [0.05, 0.1) is 34.0 Å². The van der Waals surface area contributed by atoms with Crippen LogP contribution in [0.1, 0.15) is 20.7 Å². The zero-order valence-corrected chi connectivity index (χ0v) is 19.1. The molecule has 1 unspecified atom stereocenters. The van der Waals surface area contributed by atoms with E-state index in [2.05, 4.69) is 0 Å². The van der Waals surface area contributed by atoms with Gasteiger partial charge in [-0.25, -0.2) is 0 Å². The molecule has 0 bridgehead atoms. The summed E-state index contributed by atoms with van der Waals surface area (Å²) < 4.78 is 35.6. The molecule has 0 heterocycles. The third-order valence-corrected chi connectivity index (χ3v) is 7.61. The molecule has 0 aliphatic rings. The van der Waals surface area contributed by atoms with E-state index in [1.54, 1.807) is 42.5 Å². The van der Waals surface area contributed by atoms with E-state index >= 15 is 0 Å². The standard InChI is InChI=1S/C24H23O7P/c1-28-16-13-14-18(21(15-16)31-4)23(25)32(27,17-9-6-5-7-10-17)24(26)22-19(29-2)11-8-12-20(22)30-3/h5-15H,1-4H3. The lowest BCUT2D eigenvalue weighted by molar-refractivity contribution is 0.103. The van der Waals surface area contributed by atoms with Crippen molar-refractivity contribution in [2.24, 2.45) is 0 Å². The van der Waals surface area contributed by atoms with Gasteiger partial charge >= 0.3 is 0 Å². The Morgan fingerprint density at radius 1 is 0.656 bits per heavy atom. The molecule has 0 aliphatic heterocycles. The van der Waals surface area contributed by atoms with E-state index in [4.69, 9.17) is 18.9 Å². The minimum absolute atomic E-state index is 0.00250. The normalized spacial score (nSPS) is 12.4. The summed E-state index contributed by atoms with van der Waals surface area (Å²) in [6, 6.07) is 17.1. The number of hydrogen-bond acceptors (Lipinski definition) is 7. The van der Waals surface area contributed by atoms with Crippen LogP contribution in [0.4, 0.5) is 0 Å². The third-order valence-electron chi connectivity index (χ3n) is 4.97. The fourth-order valence-electron chi connectivity index (χ4n) is 3.33. The molecule has 0 spiro atoms. The molecule has 0 saturated carbocycles. The molecular weight excluding hydrogens is 431 g/mol. The van der Waals surface area contributed by atoms with E-state index < -0.39 is 18.2 Å². The third kappa shape index (κ3) is 3.99. The minimum Gasteiger partial charge on any atom is -0.497 e. The molecular formula is C24H23O7P. The smallest absolute Gasteiger partial charge is 0.249 e. The van der Waals surface area contributed by atoms with Crippen LogP contribution in [0, 0.1) is 0 Å². The van der Waals surface area contributed by atoms with Crippen molar-refractivity contribution in [2.75, 3.05) is 28.4 Å². The maximum absolute atomic E-state index is 14.5. The van der Waals surface area contributed by atoms with Gasteiger partial charge in [0.15, 0.2) is 0 Å². The lowest BCUT2D eigenvalue weighted by Crippen LogP contribution is -2.21. The number of hydrogen-bond donors (Lipinski definition) is 0. The Hall–Kier alpha value is -3.57. The highest BCUT2D eigenvalue weighted by Gasteiger charge is 2.45. The Kier molecular flexibility index (Phi) is 7.01. The number of benzene rings is 3. The molecule has 3 aromatic carbocycles. The monoisotopic (exact) mass is 454 g/mol. The Labute approximate surface area is 186 Å². The first-order valence-corrected chi connectivity index (χ1v) is 11.3. The summed E-state index contributed by atoms with van der Waals surface area (Å²) >= 11 is 0. The highest BCUT2D eigenvalue weighted by atomic mass is 31.2. The quantitative estimate of drug-likeness (QED) is 0.443. The Morgan fingerprint density at radius 3 is 1.78 bits per heavy atom. The van der Waals surface area contributed by atoms with Gasteiger partial charge in [-0.15, -0.1) is 0 Å². The van der Waals surface area contributed by atoms with Crippen molar-refractivity contribution >= 4 is 23.5 Å². The van der Waals surface area contributed by atoms with E-state index in [1.165, 1.54) is 52.7 Å². The molecule has 7 nitrogen and oxygen atoms in total. The Bertz CT molecular complexity index is 1170. The fraction of sp³-hybridized carbons (Fsp3) is 0.167. The number of carbonyl (C=O) groups excluding carboxylic acids is 2. The molecule has 3 aromatic rings. The number of methoxy groups -OCH3 is 4. The number of rotatable bonds is 9. The van der Waals surface area contributed by atoms with Crippen LogP contribution in [-0.4, -0.2) is 39.5 Å². The van der Waals surface area contributed by atoms with Crippen LogP contribution in [0.2, 0.25) is 0 Å². The second-order valence-electron chi connectivity index (χ2n) is 6.66. The first-order valence-electron chi connectivity index (χ1n) is 9.60. The van der Waals surface area contributed by atoms with Crippen LogP contribution in [0.15, 0.2) is 66.7 Å². The summed E-state index contributed by atoms with van der Waals surface area (Å²) in [6.45, 7) is 0. The first kappa shape index (κ1) is 23.1. The molecule has 8 heteroatoms. The van der Waals surface area contributed by atoms with Crippen molar-refractivity contribution in [1.82, 2.24) is 0 Å². The van der Waals surface area contributed by atoms with Gasteiger partial charge in [0.1, 0.15) is 28.6 Å². The van der Waals surface area contributed by atoms with Crippen LogP contribution >= 0.6 is 7.14 Å². The Morgan fingerprint density at radius 2 is 1.25 bits per heavy atom. The van der Waals surface area contributed by atoms with Gasteiger partial charge < -0.3 is 23.5 Å². The van der Waals surface area contributed by atoms with Gasteiger partial charge in [-0.1, -0.05) is 36.4 Å². The summed E-state index contributed by atoms with van der Waals surface area (Å²) in [5.41, 5.74) is -1.81. The van der Waals surface area contributed by atoms with Crippen LogP contribution in [-0.2, 0) is 4.57 Å². The highest BCUT2D eigenvalue weighted by molar-refractivity contribution is 8.01. The zero-order chi connectivity index (χ0) is 23.3. The number of carbonyl (C=O) groups is 2. The van der Waals surface area contributed by atoms with Gasteiger partial charge in [-0.05, 0) is 24.3 Å². The van der Waals surface area contributed by atoms with Crippen LogP contribution in [0.25, 0.3) is 0 Å². The predicted octanol–water partition coefficient (Wildman–Crippen LogP) is 4.39. The average molecular weight is 454 g/mol. The summed E-state index contributed by atoms with van der Waals surface area (Å²) in [6.07, 6.45) is 0. The van der Waals surface area contributed by atoms with E-state index in [1.807, 2.05) is 0 Å². The first-order chi connectivity index (χ1) is 15.4. The molecule has 0 fully saturated rings. The zero-order valence-electron chi connectivity index (χ0n) is 18.2. The second kappa shape index (κ2) is 9.71.